The summed E-state index contributed by atoms with van der Waals surface area (Å²) in [5.41, 5.74) is 1.36. The molecule has 2 heterocycles. The fourth-order valence-electron chi connectivity index (χ4n) is 3.17. The highest BCUT2D eigenvalue weighted by Gasteiger charge is 2.31. The van der Waals surface area contributed by atoms with Crippen LogP contribution in [0.1, 0.15) is 12.0 Å². The molecule has 0 aromatic heterocycles. The number of halogens is 1. The molecule has 4 rings (SSSR count). The van der Waals surface area contributed by atoms with Gasteiger partial charge in [0.05, 0.1) is 6.04 Å². The normalized spacial score (nSPS) is 17.9. The number of amides is 3. The molecule has 0 radical (unpaired) electrons. The van der Waals surface area contributed by atoms with Crippen LogP contribution in [0.15, 0.2) is 42.5 Å². The maximum absolute atomic E-state index is 13.4. The maximum Gasteiger partial charge on any atom is 0.315 e. The molecule has 0 saturated carbocycles. The van der Waals surface area contributed by atoms with Crippen molar-refractivity contribution in [3.63, 3.8) is 0 Å². The van der Waals surface area contributed by atoms with Crippen LogP contribution in [-0.4, -0.2) is 31.3 Å². The summed E-state index contributed by atoms with van der Waals surface area (Å²) in [5.74, 6) is 0.784. The van der Waals surface area contributed by atoms with Gasteiger partial charge in [-0.1, -0.05) is 12.1 Å². The number of anilines is 1. The number of fused-ring (bicyclic) bond motifs is 1. The van der Waals surface area contributed by atoms with Crippen LogP contribution in [0, 0.1) is 5.82 Å². The van der Waals surface area contributed by atoms with Gasteiger partial charge in [-0.25, -0.2) is 9.18 Å². The van der Waals surface area contributed by atoms with Crippen LogP contribution in [0.25, 0.3) is 0 Å². The minimum absolute atomic E-state index is 0.151. The molecule has 2 N–H and O–H groups in total. The highest BCUT2D eigenvalue weighted by atomic mass is 19.1. The number of carbonyl (C=O) groups is 2. The second-order valence-corrected chi connectivity index (χ2v) is 6.40. The van der Waals surface area contributed by atoms with Gasteiger partial charge in [0.1, 0.15) is 5.82 Å². The van der Waals surface area contributed by atoms with Crippen molar-refractivity contribution in [2.24, 2.45) is 0 Å². The minimum atomic E-state index is -0.404. The zero-order chi connectivity index (χ0) is 18.8. The minimum Gasteiger partial charge on any atom is -0.454 e. The monoisotopic (exact) mass is 371 g/mol. The molecule has 2 aliphatic rings. The molecule has 0 bridgehead atoms. The molecule has 1 atom stereocenters. The Morgan fingerprint density at radius 2 is 2.04 bits per heavy atom. The Hall–Kier alpha value is -3.29. The number of nitrogens with zero attached hydrogens (tertiary/aromatic N) is 1. The molecular weight excluding hydrogens is 353 g/mol. The average molecular weight is 371 g/mol. The predicted molar refractivity (Wildman–Crippen MR) is 95.1 cm³/mol. The molecule has 2 aromatic rings. The number of hydrogen-bond donors (Lipinski definition) is 2. The first-order chi connectivity index (χ1) is 13.1. The van der Waals surface area contributed by atoms with Gasteiger partial charge in [0.2, 0.25) is 12.7 Å². The summed E-state index contributed by atoms with van der Waals surface area (Å²) < 4.78 is 23.9. The molecule has 8 heteroatoms. The van der Waals surface area contributed by atoms with E-state index in [0.717, 1.165) is 5.56 Å². The lowest BCUT2D eigenvalue weighted by Crippen LogP contribution is -2.43. The number of nitrogens with one attached hydrogen (secondary N) is 2. The third-order valence-corrected chi connectivity index (χ3v) is 4.47. The van der Waals surface area contributed by atoms with E-state index in [0.29, 0.717) is 30.3 Å². The summed E-state index contributed by atoms with van der Waals surface area (Å²) >= 11 is 0. The molecule has 3 amide bonds. The largest absolute Gasteiger partial charge is 0.454 e. The summed E-state index contributed by atoms with van der Waals surface area (Å²) in [5, 5.41) is 5.54. The van der Waals surface area contributed by atoms with E-state index in [1.54, 1.807) is 18.2 Å². The van der Waals surface area contributed by atoms with Crippen LogP contribution < -0.4 is 25.0 Å². The van der Waals surface area contributed by atoms with Crippen molar-refractivity contribution in [1.82, 2.24) is 10.6 Å². The van der Waals surface area contributed by atoms with Gasteiger partial charge in [-0.3, -0.25) is 4.79 Å². The van der Waals surface area contributed by atoms with Gasteiger partial charge in [0.15, 0.2) is 11.5 Å². The van der Waals surface area contributed by atoms with Crippen molar-refractivity contribution < 1.29 is 23.5 Å². The highest BCUT2D eigenvalue weighted by molar-refractivity contribution is 5.96. The lowest BCUT2D eigenvalue weighted by atomic mass is 10.2. The summed E-state index contributed by atoms with van der Waals surface area (Å²) in [6, 6.07) is 10.6. The van der Waals surface area contributed by atoms with Crippen molar-refractivity contribution in [2.45, 2.75) is 19.0 Å². The third kappa shape index (κ3) is 3.79. The van der Waals surface area contributed by atoms with Crippen molar-refractivity contribution in [3.05, 3.63) is 53.8 Å². The molecule has 27 heavy (non-hydrogen) atoms. The number of urea groups is 1. The summed E-state index contributed by atoms with van der Waals surface area (Å²) in [7, 11) is 0. The fraction of sp³-hybridized carbons (Fsp3) is 0.263. The van der Waals surface area contributed by atoms with Gasteiger partial charge < -0.3 is 25.0 Å². The number of hydrogen-bond acceptors (Lipinski definition) is 4. The number of ether oxygens (including phenoxy) is 2. The van der Waals surface area contributed by atoms with E-state index in [1.807, 2.05) is 12.1 Å². The first-order valence-corrected chi connectivity index (χ1v) is 8.57. The van der Waals surface area contributed by atoms with Crippen molar-refractivity contribution in [1.29, 1.82) is 0 Å². The molecular formula is C19H18FN3O4. The smallest absolute Gasteiger partial charge is 0.315 e. The maximum atomic E-state index is 13.4. The van der Waals surface area contributed by atoms with Gasteiger partial charge in [0.25, 0.3) is 0 Å². The van der Waals surface area contributed by atoms with E-state index in [9.17, 15) is 14.0 Å². The Labute approximate surface area is 155 Å². The van der Waals surface area contributed by atoms with Crippen molar-refractivity contribution in [2.75, 3.05) is 18.2 Å². The fourth-order valence-corrected chi connectivity index (χ4v) is 3.17. The summed E-state index contributed by atoms with van der Waals surface area (Å²) in [6.07, 6.45) is 0.175. The Morgan fingerprint density at radius 1 is 1.19 bits per heavy atom. The molecule has 2 aliphatic heterocycles. The van der Waals surface area contributed by atoms with Crippen molar-refractivity contribution >= 4 is 17.6 Å². The standard InChI is InChI=1S/C19H18FN3O4/c20-13-2-1-3-15(7-13)23-10-14(8-18(23)24)22-19(25)21-9-12-4-5-16-17(6-12)27-11-26-16/h1-7,14H,8-11H2,(H2,21,22,25)/t14-/m0/s1. The number of rotatable bonds is 4. The average Bonchev–Trinajstić information content (AvgIpc) is 3.25. The first kappa shape index (κ1) is 17.1. The second-order valence-electron chi connectivity index (χ2n) is 6.40. The summed E-state index contributed by atoms with van der Waals surface area (Å²) in [4.78, 5) is 25.8. The van der Waals surface area contributed by atoms with E-state index in [-0.39, 0.29) is 31.2 Å². The number of benzene rings is 2. The van der Waals surface area contributed by atoms with Gasteiger partial charge in [-0.2, -0.15) is 0 Å². The molecule has 2 aromatic carbocycles. The first-order valence-electron chi connectivity index (χ1n) is 8.57. The van der Waals surface area contributed by atoms with Crippen LogP contribution in [0.5, 0.6) is 11.5 Å². The third-order valence-electron chi connectivity index (χ3n) is 4.47. The molecule has 1 fully saturated rings. The van der Waals surface area contributed by atoms with E-state index in [1.165, 1.54) is 17.0 Å². The zero-order valence-electron chi connectivity index (χ0n) is 14.4. The zero-order valence-corrected chi connectivity index (χ0v) is 14.4. The van der Waals surface area contributed by atoms with E-state index in [2.05, 4.69) is 10.6 Å². The topological polar surface area (TPSA) is 79.9 Å². The van der Waals surface area contributed by atoms with Crippen LogP contribution in [0.4, 0.5) is 14.9 Å². The molecule has 0 unspecified atom stereocenters. The van der Waals surface area contributed by atoms with Crippen molar-refractivity contribution in [3.8, 4) is 11.5 Å². The Balaban J connectivity index is 1.30. The van der Waals surface area contributed by atoms with E-state index >= 15 is 0 Å². The Morgan fingerprint density at radius 3 is 2.89 bits per heavy atom. The quantitative estimate of drug-likeness (QED) is 0.863. The van der Waals surface area contributed by atoms with E-state index in [4.69, 9.17) is 9.47 Å². The molecule has 7 nitrogen and oxygen atoms in total. The van der Waals surface area contributed by atoms with Gasteiger partial charge >= 0.3 is 6.03 Å². The van der Waals surface area contributed by atoms with Gasteiger partial charge in [0, 0.05) is 25.2 Å². The van der Waals surface area contributed by atoms with E-state index < -0.39 is 5.82 Å². The lowest BCUT2D eigenvalue weighted by molar-refractivity contribution is -0.117. The predicted octanol–water partition coefficient (Wildman–Crippen LogP) is 2.16. The SMILES string of the molecule is O=C(NCc1ccc2c(c1)OCO2)N[C@H]1CC(=O)N(c2cccc(F)c2)C1. The number of carbonyl (C=O) groups excluding carboxylic acids is 2. The lowest BCUT2D eigenvalue weighted by Gasteiger charge is -2.17. The van der Waals surface area contributed by atoms with Crippen LogP contribution >= 0.6 is 0 Å². The molecule has 1 saturated heterocycles. The van der Waals surface area contributed by atoms with Gasteiger partial charge in [-0.15, -0.1) is 0 Å². The molecule has 0 aliphatic carbocycles. The van der Waals surface area contributed by atoms with Crippen LogP contribution in [0.2, 0.25) is 0 Å². The van der Waals surface area contributed by atoms with Crippen LogP contribution in [-0.2, 0) is 11.3 Å². The highest BCUT2D eigenvalue weighted by Crippen LogP contribution is 2.32. The molecule has 0 spiro atoms. The molecule has 140 valence electrons. The Bertz CT molecular complexity index is 889. The second kappa shape index (κ2) is 7.14. The Kier molecular flexibility index (Phi) is 4.53. The summed E-state index contributed by atoms with van der Waals surface area (Å²) in [6.45, 7) is 0.820. The van der Waals surface area contributed by atoms with Gasteiger partial charge in [-0.05, 0) is 35.9 Å². The van der Waals surface area contributed by atoms with Crippen LogP contribution in [0.3, 0.4) is 0 Å².